The molecule has 0 aromatic heterocycles. The second-order valence-corrected chi connectivity index (χ2v) is 4.52. The van der Waals surface area contributed by atoms with Gasteiger partial charge in [0.15, 0.2) is 5.11 Å². The number of hydrogen-bond acceptors (Lipinski definition) is 6. The van der Waals surface area contributed by atoms with Crippen molar-refractivity contribution in [2.75, 3.05) is 13.2 Å². The highest BCUT2D eigenvalue weighted by atomic mass is 32.1. The summed E-state index contributed by atoms with van der Waals surface area (Å²) in [4.78, 5) is 11.7. The van der Waals surface area contributed by atoms with Gasteiger partial charge in [-0.1, -0.05) is 0 Å². The van der Waals surface area contributed by atoms with Gasteiger partial charge in [0, 0.05) is 6.54 Å². The van der Waals surface area contributed by atoms with Crippen molar-refractivity contribution in [3.8, 4) is 0 Å². The van der Waals surface area contributed by atoms with E-state index in [1.54, 1.807) is 0 Å². The second-order valence-electron chi connectivity index (χ2n) is 4.11. The number of ether oxygens (including phenoxy) is 1. The first kappa shape index (κ1) is 12.7. The minimum Gasteiger partial charge on any atom is -0.394 e. The lowest BCUT2D eigenvalue weighted by atomic mass is 9.94. The Labute approximate surface area is 103 Å². The fraction of sp³-hybridized carbons (Fsp3) is 0.778. The molecule has 0 aliphatic carbocycles. The summed E-state index contributed by atoms with van der Waals surface area (Å²) in [5, 5.41) is 33.7. The Kier molecular flexibility index (Phi) is 3.59. The normalized spacial score (nSPS) is 42.2. The van der Waals surface area contributed by atoms with Crippen molar-refractivity contribution < 1.29 is 24.9 Å². The van der Waals surface area contributed by atoms with E-state index in [1.165, 1.54) is 0 Å². The van der Waals surface area contributed by atoms with Crippen LogP contribution in [0.15, 0.2) is 0 Å². The molecule has 0 spiro atoms. The van der Waals surface area contributed by atoms with E-state index in [4.69, 9.17) is 22.1 Å². The zero-order valence-electron chi connectivity index (χ0n) is 8.87. The third-order valence-corrected chi connectivity index (χ3v) is 3.28. The Balaban J connectivity index is 2.08. The zero-order valence-corrected chi connectivity index (χ0v) is 9.68. The molecular weight excluding hydrogens is 248 g/mol. The summed E-state index contributed by atoms with van der Waals surface area (Å²) in [6.07, 6.45) is -4.10. The third-order valence-electron chi connectivity index (χ3n) is 3.03. The monoisotopic (exact) mass is 262 g/mol. The number of nitrogens with one attached hydrogen (secondary N) is 2. The van der Waals surface area contributed by atoms with E-state index >= 15 is 0 Å². The zero-order chi connectivity index (χ0) is 12.6. The average molecular weight is 262 g/mol. The minimum absolute atomic E-state index is 0.233. The molecule has 2 aliphatic heterocycles. The van der Waals surface area contributed by atoms with E-state index in [-0.39, 0.29) is 17.6 Å². The van der Waals surface area contributed by atoms with Gasteiger partial charge in [0.2, 0.25) is 5.91 Å². The predicted molar refractivity (Wildman–Crippen MR) is 60.0 cm³/mol. The molecule has 5 N–H and O–H groups in total. The van der Waals surface area contributed by atoms with Crippen LogP contribution in [0.1, 0.15) is 0 Å². The smallest absolute Gasteiger partial charge is 0.233 e. The fourth-order valence-corrected chi connectivity index (χ4v) is 2.25. The molecular formula is C9H14N2O5S. The molecule has 8 heteroatoms. The average Bonchev–Trinajstić information content (AvgIpc) is 2.57. The van der Waals surface area contributed by atoms with Gasteiger partial charge in [-0.25, -0.2) is 0 Å². The second kappa shape index (κ2) is 4.83. The molecule has 2 rings (SSSR count). The van der Waals surface area contributed by atoms with Crippen molar-refractivity contribution in [2.24, 2.45) is 5.92 Å². The number of amides is 1. The van der Waals surface area contributed by atoms with Crippen LogP contribution in [0.2, 0.25) is 0 Å². The van der Waals surface area contributed by atoms with Gasteiger partial charge in [-0.2, -0.15) is 0 Å². The van der Waals surface area contributed by atoms with Crippen LogP contribution in [0.3, 0.4) is 0 Å². The van der Waals surface area contributed by atoms with Gasteiger partial charge in [0.05, 0.1) is 18.6 Å². The molecule has 2 fully saturated rings. The first-order valence-electron chi connectivity index (χ1n) is 5.25. The van der Waals surface area contributed by atoms with Crippen molar-refractivity contribution in [1.29, 1.82) is 0 Å². The third kappa shape index (κ3) is 2.26. The lowest BCUT2D eigenvalue weighted by molar-refractivity contribution is -0.132. The Morgan fingerprint density at radius 3 is 2.65 bits per heavy atom. The summed E-state index contributed by atoms with van der Waals surface area (Å²) in [5.74, 6) is -1.01. The largest absolute Gasteiger partial charge is 0.394 e. The van der Waals surface area contributed by atoms with Gasteiger partial charge in [-0.3, -0.25) is 4.79 Å². The van der Waals surface area contributed by atoms with Crippen LogP contribution < -0.4 is 10.6 Å². The summed E-state index contributed by atoms with van der Waals surface area (Å²) >= 11 is 4.77. The maximum absolute atomic E-state index is 11.7. The van der Waals surface area contributed by atoms with Gasteiger partial charge < -0.3 is 30.7 Å². The van der Waals surface area contributed by atoms with Crippen LogP contribution in [0, 0.1) is 5.92 Å². The van der Waals surface area contributed by atoms with Crippen molar-refractivity contribution in [3.05, 3.63) is 0 Å². The Bertz CT molecular complexity index is 339. The molecule has 1 amide bonds. The number of aliphatic hydroxyl groups excluding tert-OH is 3. The van der Waals surface area contributed by atoms with Crippen molar-refractivity contribution >= 4 is 23.2 Å². The molecule has 96 valence electrons. The summed E-state index contributed by atoms with van der Waals surface area (Å²) in [5.41, 5.74) is 0. The van der Waals surface area contributed by atoms with Crippen molar-refractivity contribution in [2.45, 2.75) is 24.4 Å². The van der Waals surface area contributed by atoms with Gasteiger partial charge in [0.25, 0.3) is 0 Å². The number of rotatable bonds is 2. The number of carbonyl (C=O) groups excluding carboxylic acids is 1. The molecule has 2 aliphatic rings. The summed E-state index contributed by atoms with van der Waals surface area (Å²) in [6.45, 7) is -0.174. The standard InChI is InChI=1S/C9H14N2O5S/c12-2-4-5(13)6(14)7(16-4)3-1-10-9(17)11-8(3)15/h3-7,12-14H,1-2H2,(H2,10,11,15,17)/t3?,4-,5-,6-,7+/m1/s1. The molecule has 5 atom stereocenters. The molecule has 0 saturated carbocycles. The van der Waals surface area contributed by atoms with Gasteiger partial charge in [-0.15, -0.1) is 0 Å². The number of aliphatic hydroxyl groups is 3. The van der Waals surface area contributed by atoms with Crippen LogP contribution in [0.25, 0.3) is 0 Å². The Morgan fingerprint density at radius 1 is 1.41 bits per heavy atom. The predicted octanol–water partition coefficient (Wildman–Crippen LogP) is -2.91. The number of thiocarbonyl (C=S) groups is 1. The van der Waals surface area contributed by atoms with Crippen LogP contribution in [-0.4, -0.2) is 63.9 Å². The number of carbonyl (C=O) groups is 1. The Hall–Kier alpha value is -0.800. The molecule has 0 bridgehead atoms. The van der Waals surface area contributed by atoms with E-state index in [0.29, 0.717) is 0 Å². The van der Waals surface area contributed by atoms with E-state index in [1.807, 2.05) is 0 Å². The molecule has 7 nitrogen and oxygen atoms in total. The SMILES string of the molecule is O=C1NC(=S)NCC1[C@@H]1O[C@H](CO)[C@@H](O)[C@H]1O. The molecule has 17 heavy (non-hydrogen) atoms. The molecule has 0 aromatic rings. The van der Waals surface area contributed by atoms with E-state index in [2.05, 4.69) is 10.6 Å². The molecule has 2 saturated heterocycles. The van der Waals surface area contributed by atoms with Gasteiger partial charge in [-0.05, 0) is 12.2 Å². The lowest BCUT2D eigenvalue weighted by Gasteiger charge is -2.29. The highest BCUT2D eigenvalue weighted by molar-refractivity contribution is 7.80. The van der Waals surface area contributed by atoms with Crippen molar-refractivity contribution in [3.63, 3.8) is 0 Å². The number of hydrogen-bond donors (Lipinski definition) is 5. The van der Waals surface area contributed by atoms with Crippen molar-refractivity contribution in [1.82, 2.24) is 10.6 Å². The van der Waals surface area contributed by atoms with E-state index < -0.39 is 36.9 Å². The summed E-state index contributed by atoms with van der Waals surface area (Å²) < 4.78 is 5.29. The molecule has 0 aromatic carbocycles. The van der Waals surface area contributed by atoms with Crippen LogP contribution in [-0.2, 0) is 9.53 Å². The fourth-order valence-electron chi connectivity index (χ4n) is 2.07. The summed E-state index contributed by atoms with van der Waals surface area (Å²) in [6, 6.07) is 0. The first-order chi connectivity index (χ1) is 8.04. The Morgan fingerprint density at radius 2 is 2.12 bits per heavy atom. The first-order valence-corrected chi connectivity index (χ1v) is 5.66. The van der Waals surface area contributed by atoms with Crippen LogP contribution in [0.4, 0.5) is 0 Å². The highest BCUT2D eigenvalue weighted by Crippen LogP contribution is 2.27. The van der Waals surface area contributed by atoms with E-state index in [9.17, 15) is 15.0 Å². The highest BCUT2D eigenvalue weighted by Gasteiger charge is 2.48. The van der Waals surface area contributed by atoms with Crippen LogP contribution >= 0.6 is 12.2 Å². The quantitative estimate of drug-likeness (QED) is 0.339. The maximum Gasteiger partial charge on any atom is 0.233 e. The van der Waals surface area contributed by atoms with E-state index in [0.717, 1.165) is 0 Å². The lowest BCUT2D eigenvalue weighted by Crippen LogP contribution is -2.57. The maximum atomic E-state index is 11.7. The molecule has 1 unspecified atom stereocenters. The minimum atomic E-state index is -1.20. The van der Waals surface area contributed by atoms with Crippen LogP contribution in [0.5, 0.6) is 0 Å². The van der Waals surface area contributed by atoms with Gasteiger partial charge >= 0.3 is 0 Å². The molecule has 0 radical (unpaired) electrons. The van der Waals surface area contributed by atoms with Gasteiger partial charge in [0.1, 0.15) is 18.3 Å². The molecule has 2 heterocycles. The topological polar surface area (TPSA) is 111 Å². The summed E-state index contributed by atoms with van der Waals surface area (Å²) in [7, 11) is 0.